The summed E-state index contributed by atoms with van der Waals surface area (Å²) in [5.74, 6) is -1.06. The van der Waals surface area contributed by atoms with Crippen molar-refractivity contribution in [2.45, 2.75) is 63.9 Å². The summed E-state index contributed by atoms with van der Waals surface area (Å²) >= 11 is 0. The number of fused-ring (bicyclic) bond motifs is 3. The Hall–Kier alpha value is -4.20. The minimum absolute atomic E-state index is 0.0783. The lowest BCUT2D eigenvalue weighted by Gasteiger charge is -2.29. The van der Waals surface area contributed by atoms with Crippen molar-refractivity contribution in [1.82, 2.24) is 4.57 Å². The molecule has 8 heteroatoms. The largest absolute Gasteiger partial charge is 0.495 e. The maximum atomic E-state index is 13.6. The molecule has 208 valence electrons. The quantitative estimate of drug-likeness (QED) is 0.312. The third kappa shape index (κ3) is 5.30. The average molecular weight is 544 g/mol. The van der Waals surface area contributed by atoms with Crippen LogP contribution in [0.15, 0.2) is 47.3 Å². The lowest BCUT2D eigenvalue weighted by Crippen LogP contribution is -2.29. The van der Waals surface area contributed by atoms with Crippen LogP contribution in [-0.2, 0) is 21.4 Å². The number of esters is 2. The summed E-state index contributed by atoms with van der Waals surface area (Å²) < 4.78 is 18.9. The molecule has 40 heavy (non-hydrogen) atoms. The summed E-state index contributed by atoms with van der Waals surface area (Å²) in [4.78, 5) is 52.2. The minimum Gasteiger partial charge on any atom is -0.495 e. The molecule has 0 amide bonds. The SMILES string of the molecule is COc1c2c(cc3c1C(c1cc4ccccc4n(C)c1=O)CC(=O)O3)/C=C/CCCC(=O)CCC[C@H](C)OC2=O. The van der Waals surface area contributed by atoms with Crippen molar-refractivity contribution in [1.29, 1.82) is 0 Å². The molecule has 8 nitrogen and oxygen atoms in total. The van der Waals surface area contributed by atoms with Crippen LogP contribution in [0, 0.1) is 0 Å². The smallest absolute Gasteiger partial charge is 0.342 e. The lowest BCUT2D eigenvalue weighted by atomic mass is 9.83. The van der Waals surface area contributed by atoms with Gasteiger partial charge in [0.2, 0.25) is 0 Å². The molecular weight excluding hydrogens is 510 g/mol. The molecular formula is C32H33NO7. The second kappa shape index (κ2) is 11.5. The first-order valence-corrected chi connectivity index (χ1v) is 13.7. The van der Waals surface area contributed by atoms with E-state index >= 15 is 0 Å². The predicted molar refractivity (Wildman–Crippen MR) is 151 cm³/mol. The van der Waals surface area contributed by atoms with Crippen molar-refractivity contribution in [3.8, 4) is 11.5 Å². The van der Waals surface area contributed by atoms with Gasteiger partial charge in [-0.05, 0) is 61.8 Å². The van der Waals surface area contributed by atoms with Gasteiger partial charge in [0, 0.05) is 36.9 Å². The normalized spacial score (nSPS) is 21.0. The van der Waals surface area contributed by atoms with E-state index in [0.29, 0.717) is 55.2 Å². The molecule has 0 spiro atoms. The van der Waals surface area contributed by atoms with Gasteiger partial charge in [0.25, 0.3) is 5.56 Å². The van der Waals surface area contributed by atoms with Gasteiger partial charge in [-0.25, -0.2) is 4.79 Å². The van der Waals surface area contributed by atoms with Gasteiger partial charge >= 0.3 is 11.9 Å². The molecule has 1 unspecified atom stereocenters. The topological polar surface area (TPSA) is 101 Å². The number of Topliss-reactive ketones (excluding diaryl/α,β-unsaturated/α-hetero) is 1. The molecule has 3 heterocycles. The van der Waals surface area contributed by atoms with Crippen molar-refractivity contribution in [2.75, 3.05) is 7.11 Å². The number of rotatable bonds is 2. The highest BCUT2D eigenvalue weighted by Gasteiger charge is 2.37. The molecule has 0 radical (unpaired) electrons. The molecule has 2 aliphatic rings. The van der Waals surface area contributed by atoms with Gasteiger partial charge in [0.05, 0.1) is 25.2 Å². The zero-order valence-electron chi connectivity index (χ0n) is 23.0. The number of carbonyl (C=O) groups excluding carboxylic acids is 3. The highest BCUT2D eigenvalue weighted by atomic mass is 16.5. The summed E-state index contributed by atoms with van der Waals surface area (Å²) in [7, 11) is 3.16. The maximum Gasteiger partial charge on any atom is 0.342 e. The van der Waals surface area contributed by atoms with E-state index in [1.54, 1.807) is 36.7 Å². The van der Waals surface area contributed by atoms with Crippen LogP contribution in [0.4, 0.5) is 0 Å². The summed E-state index contributed by atoms with van der Waals surface area (Å²) in [6, 6.07) is 11.0. The van der Waals surface area contributed by atoms with Gasteiger partial charge in [-0.1, -0.05) is 30.4 Å². The standard InChI is InChI=1S/C32H33NO7/c1-19-10-9-14-22(34)13-6-4-5-12-21-17-26-29(30(38-3)28(21)32(37)39-19)23(18-27(35)40-26)24-16-20-11-7-8-15-25(20)33(2)31(24)36/h5,7-8,11-12,15-17,19,23H,4,6,9-10,13-14,18H2,1-3H3/b12-5+/t19-,23?/m0/s1. The van der Waals surface area contributed by atoms with Crippen LogP contribution in [0.5, 0.6) is 11.5 Å². The molecule has 0 N–H and O–H groups in total. The molecule has 0 saturated heterocycles. The number of nitrogens with zero attached hydrogens (tertiary/aromatic N) is 1. The van der Waals surface area contributed by atoms with Crippen LogP contribution in [0.25, 0.3) is 17.0 Å². The Morgan fingerprint density at radius 1 is 1.02 bits per heavy atom. The number of hydrogen-bond donors (Lipinski definition) is 0. The molecule has 5 rings (SSSR count). The first kappa shape index (κ1) is 27.4. The minimum atomic E-state index is -0.687. The summed E-state index contributed by atoms with van der Waals surface area (Å²) in [5, 5.41) is 0.854. The highest BCUT2D eigenvalue weighted by Crippen LogP contribution is 2.47. The number of benzene rings is 2. The van der Waals surface area contributed by atoms with Crippen LogP contribution in [-0.4, -0.2) is 35.5 Å². The van der Waals surface area contributed by atoms with Gasteiger partial charge < -0.3 is 18.8 Å². The number of para-hydroxylation sites is 1. The van der Waals surface area contributed by atoms with Crippen LogP contribution in [0.1, 0.15) is 84.8 Å². The van der Waals surface area contributed by atoms with E-state index in [1.807, 2.05) is 30.3 Å². The number of cyclic esters (lactones) is 1. The van der Waals surface area contributed by atoms with Gasteiger partial charge in [-0.3, -0.25) is 14.4 Å². The number of hydrogen-bond acceptors (Lipinski definition) is 7. The van der Waals surface area contributed by atoms with Crippen LogP contribution in [0.2, 0.25) is 0 Å². The van der Waals surface area contributed by atoms with E-state index < -0.39 is 24.0 Å². The van der Waals surface area contributed by atoms with E-state index in [-0.39, 0.29) is 34.8 Å². The van der Waals surface area contributed by atoms with Crippen molar-refractivity contribution in [3.05, 3.63) is 75.1 Å². The molecule has 1 aromatic heterocycles. The van der Waals surface area contributed by atoms with Crippen LogP contribution < -0.4 is 15.0 Å². The first-order chi connectivity index (χ1) is 19.3. The first-order valence-electron chi connectivity index (χ1n) is 13.7. The zero-order valence-corrected chi connectivity index (χ0v) is 23.0. The number of ketones is 1. The second-order valence-electron chi connectivity index (χ2n) is 10.5. The van der Waals surface area contributed by atoms with Crippen LogP contribution in [0.3, 0.4) is 0 Å². The van der Waals surface area contributed by atoms with E-state index in [4.69, 9.17) is 14.2 Å². The summed E-state index contributed by atoms with van der Waals surface area (Å²) in [6.07, 6.45) is 6.68. The zero-order chi connectivity index (χ0) is 28.4. The Kier molecular flexibility index (Phi) is 7.87. The fourth-order valence-electron chi connectivity index (χ4n) is 5.67. The van der Waals surface area contributed by atoms with Crippen molar-refractivity contribution in [2.24, 2.45) is 7.05 Å². The number of pyridine rings is 1. The molecule has 0 fully saturated rings. The maximum absolute atomic E-state index is 13.6. The Morgan fingerprint density at radius 2 is 1.80 bits per heavy atom. The van der Waals surface area contributed by atoms with Crippen LogP contribution >= 0.6 is 0 Å². The number of carbonyl (C=O) groups is 3. The van der Waals surface area contributed by atoms with Crippen molar-refractivity contribution < 1.29 is 28.6 Å². The third-order valence-electron chi connectivity index (χ3n) is 7.70. The fourth-order valence-corrected chi connectivity index (χ4v) is 5.67. The van der Waals surface area contributed by atoms with E-state index in [9.17, 15) is 19.2 Å². The monoisotopic (exact) mass is 543 g/mol. The Labute approximate surface area is 232 Å². The molecule has 3 aromatic rings. The number of methoxy groups -OCH3 is 1. The predicted octanol–water partition coefficient (Wildman–Crippen LogP) is 5.47. The molecule has 0 bridgehead atoms. The Bertz CT molecular complexity index is 1580. The van der Waals surface area contributed by atoms with Crippen molar-refractivity contribution in [3.63, 3.8) is 0 Å². The molecule has 2 aromatic carbocycles. The van der Waals surface area contributed by atoms with Gasteiger partial charge in [-0.2, -0.15) is 0 Å². The van der Waals surface area contributed by atoms with E-state index in [2.05, 4.69) is 0 Å². The summed E-state index contributed by atoms with van der Waals surface area (Å²) in [6.45, 7) is 1.80. The molecule has 2 aliphatic heterocycles. The lowest BCUT2D eigenvalue weighted by molar-refractivity contribution is -0.135. The highest BCUT2D eigenvalue weighted by molar-refractivity contribution is 5.99. The third-order valence-corrected chi connectivity index (χ3v) is 7.70. The summed E-state index contributed by atoms with van der Waals surface area (Å²) in [5.41, 5.74) is 2.12. The number of aromatic nitrogens is 1. The molecule has 0 aliphatic carbocycles. The fraction of sp³-hybridized carbons (Fsp3) is 0.375. The Balaban J connectivity index is 1.70. The second-order valence-corrected chi connectivity index (χ2v) is 10.5. The Morgan fingerprint density at radius 3 is 2.60 bits per heavy atom. The number of ether oxygens (including phenoxy) is 3. The molecule has 0 saturated carbocycles. The van der Waals surface area contributed by atoms with Crippen molar-refractivity contribution >= 4 is 34.7 Å². The molecule has 2 atom stereocenters. The van der Waals surface area contributed by atoms with Gasteiger partial charge in [0.15, 0.2) is 0 Å². The average Bonchev–Trinajstić information content (AvgIpc) is 2.93. The van der Waals surface area contributed by atoms with Gasteiger partial charge in [0.1, 0.15) is 22.8 Å². The van der Waals surface area contributed by atoms with Gasteiger partial charge in [-0.15, -0.1) is 0 Å². The number of allylic oxidation sites excluding steroid dienone is 1. The van der Waals surface area contributed by atoms with E-state index in [0.717, 1.165) is 10.9 Å². The van der Waals surface area contributed by atoms with E-state index in [1.165, 1.54) is 7.11 Å². The number of aryl methyl sites for hydroxylation is 1.